The van der Waals surface area contributed by atoms with E-state index in [-0.39, 0.29) is 17.9 Å². The Balaban J connectivity index is 1.83. The van der Waals surface area contributed by atoms with Crippen LogP contribution in [0.1, 0.15) is 63.1 Å². The number of carboxylic acids is 1. The van der Waals surface area contributed by atoms with E-state index in [4.69, 9.17) is 0 Å². The van der Waals surface area contributed by atoms with Gasteiger partial charge in [0.25, 0.3) is 0 Å². The normalized spacial score (nSPS) is 31.8. The Kier molecular flexibility index (Phi) is 5.15. The Hall–Kier alpha value is -2.72. The highest BCUT2D eigenvalue weighted by Gasteiger charge is 2.70. The number of nitriles is 1. The summed E-state index contributed by atoms with van der Waals surface area (Å²) in [6, 6.07) is 8.16. The van der Waals surface area contributed by atoms with E-state index in [9.17, 15) is 24.8 Å². The lowest BCUT2D eigenvalue weighted by atomic mass is 9.73. The van der Waals surface area contributed by atoms with E-state index in [0.717, 1.165) is 32.1 Å². The van der Waals surface area contributed by atoms with Gasteiger partial charge in [-0.1, -0.05) is 45.2 Å². The molecule has 158 valence electrons. The number of amides is 2. The Labute approximate surface area is 176 Å². The largest absolute Gasteiger partial charge is 0.480 e. The molecule has 3 aliphatic rings. The van der Waals surface area contributed by atoms with Gasteiger partial charge in [0.05, 0.1) is 23.5 Å². The number of carbonyl (C=O) groups is 3. The van der Waals surface area contributed by atoms with Crippen molar-refractivity contribution >= 4 is 17.8 Å². The molecule has 2 saturated heterocycles. The number of likely N-dealkylation sites (tertiary alicyclic amines) is 1. The minimum atomic E-state index is -1.53. The summed E-state index contributed by atoms with van der Waals surface area (Å²) >= 11 is 0. The molecule has 1 aromatic carbocycles. The minimum absolute atomic E-state index is 0.144. The molecule has 4 unspecified atom stereocenters. The molecule has 0 radical (unpaired) electrons. The first-order chi connectivity index (χ1) is 14.3. The summed E-state index contributed by atoms with van der Waals surface area (Å²) in [6.45, 7) is 3.54. The van der Waals surface area contributed by atoms with Gasteiger partial charge in [-0.05, 0) is 36.5 Å². The zero-order valence-corrected chi connectivity index (χ0v) is 17.3. The molecule has 2 heterocycles. The van der Waals surface area contributed by atoms with Crippen molar-refractivity contribution < 1.29 is 19.5 Å². The van der Waals surface area contributed by atoms with Crippen molar-refractivity contribution in [3.8, 4) is 6.07 Å². The summed E-state index contributed by atoms with van der Waals surface area (Å²) in [5, 5.41) is 22.7. The van der Waals surface area contributed by atoms with Crippen LogP contribution in [0.5, 0.6) is 0 Å². The molecule has 2 amide bonds. The maximum absolute atomic E-state index is 13.6. The Morgan fingerprint density at radius 3 is 2.53 bits per heavy atom. The van der Waals surface area contributed by atoms with E-state index in [0.29, 0.717) is 11.1 Å². The number of nitrogens with zero attached hydrogens (tertiary/aromatic N) is 2. The molecule has 1 aromatic rings. The van der Waals surface area contributed by atoms with Crippen molar-refractivity contribution in [2.24, 2.45) is 17.8 Å². The van der Waals surface area contributed by atoms with Crippen molar-refractivity contribution in [2.75, 3.05) is 0 Å². The number of carboxylic acid groups (broad SMARTS) is 1. The highest BCUT2D eigenvalue weighted by atomic mass is 16.4. The van der Waals surface area contributed by atoms with Crippen molar-refractivity contribution in [3.63, 3.8) is 0 Å². The number of rotatable bonds is 4. The molecule has 0 bridgehead atoms. The summed E-state index contributed by atoms with van der Waals surface area (Å²) in [5.41, 5.74) is -0.433. The second kappa shape index (κ2) is 7.51. The van der Waals surface area contributed by atoms with Gasteiger partial charge < -0.3 is 5.11 Å². The number of hydrogen-bond acceptors (Lipinski definition) is 5. The number of nitrogens with one attached hydrogen (secondary N) is 1. The van der Waals surface area contributed by atoms with Gasteiger partial charge in [-0.15, -0.1) is 0 Å². The lowest BCUT2D eigenvalue weighted by molar-refractivity contribution is -0.154. The molecule has 4 atom stereocenters. The third-order valence-corrected chi connectivity index (χ3v) is 7.21. The van der Waals surface area contributed by atoms with Crippen LogP contribution in [0, 0.1) is 29.1 Å². The predicted octanol–water partition coefficient (Wildman–Crippen LogP) is 2.62. The van der Waals surface area contributed by atoms with Crippen LogP contribution in [0.4, 0.5) is 0 Å². The van der Waals surface area contributed by atoms with Crippen LogP contribution in [0.25, 0.3) is 0 Å². The van der Waals surface area contributed by atoms with E-state index in [1.807, 2.05) is 0 Å². The van der Waals surface area contributed by atoms with Crippen molar-refractivity contribution in [2.45, 2.75) is 63.6 Å². The smallest absolute Gasteiger partial charge is 0.325 e. The molecule has 1 saturated carbocycles. The lowest BCUT2D eigenvalue weighted by Gasteiger charge is -2.36. The molecule has 3 fully saturated rings. The molecule has 4 rings (SSSR count). The van der Waals surface area contributed by atoms with Crippen molar-refractivity contribution in [1.29, 1.82) is 5.26 Å². The van der Waals surface area contributed by atoms with Crippen LogP contribution >= 0.6 is 0 Å². The SMILES string of the molecule is CC(C)C1(C(=O)O)NC(c2cccc(C#N)c2)C2C(=O)N(C3CCCCC3)C(=O)C21. The zero-order valence-electron chi connectivity index (χ0n) is 17.3. The van der Waals surface area contributed by atoms with Gasteiger partial charge in [0, 0.05) is 12.1 Å². The molecule has 7 nitrogen and oxygen atoms in total. The van der Waals surface area contributed by atoms with Crippen LogP contribution in [-0.4, -0.2) is 39.4 Å². The zero-order chi connectivity index (χ0) is 21.6. The number of fused-ring (bicyclic) bond motifs is 1. The average Bonchev–Trinajstić information content (AvgIpc) is 3.24. The van der Waals surface area contributed by atoms with E-state index in [1.165, 1.54) is 4.90 Å². The highest BCUT2D eigenvalue weighted by molar-refractivity contribution is 6.09. The molecule has 0 aromatic heterocycles. The monoisotopic (exact) mass is 409 g/mol. The first-order valence-electron chi connectivity index (χ1n) is 10.7. The summed E-state index contributed by atoms with van der Waals surface area (Å²) in [7, 11) is 0. The molecule has 2 N–H and O–H groups in total. The Bertz CT molecular complexity index is 931. The number of benzene rings is 1. The Morgan fingerprint density at radius 2 is 1.93 bits per heavy atom. The minimum Gasteiger partial charge on any atom is -0.480 e. The number of imide groups is 1. The fraction of sp³-hybridized carbons (Fsp3) is 0.565. The maximum Gasteiger partial charge on any atom is 0.325 e. The lowest BCUT2D eigenvalue weighted by Crippen LogP contribution is -2.59. The molecule has 0 spiro atoms. The van der Waals surface area contributed by atoms with Gasteiger partial charge in [0.2, 0.25) is 11.8 Å². The molecule has 1 aliphatic carbocycles. The van der Waals surface area contributed by atoms with E-state index >= 15 is 0 Å². The van der Waals surface area contributed by atoms with Crippen LogP contribution in [0.3, 0.4) is 0 Å². The third-order valence-electron chi connectivity index (χ3n) is 7.21. The van der Waals surface area contributed by atoms with Gasteiger partial charge in [0.15, 0.2) is 0 Å². The first-order valence-corrected chi connectivity index (χ1v) is 10.7. The fourth-order valence-electron chi connectivity index (χ4n) is 5.72. The average molecular weight is 409 g/mol. The van der Waals surface area contributed by atoms with E-state index in [2.05, 4.69) is 11.4 Å². The van der Waals surface area contributed by atoms with Crippen LogP contribution in [-0.2, 0) is 14.4 Å². The van der Waals surface area contributed by atoms with Crippen molar-refractivity contribution in [1.82, 2.24) is 10.2 Å². The Morgan fingerprint density at radius 1 is 1.23 bits per heavy atom. The van der Waals surface area contributed by atoms with E-state index in [1.54, 1.807) is 38.1 Å². The van der Waals surface area contributed by atoms with Crippen LogP contribution < -0.4 is 5.32 Å². The first kappa shape index (κ1) is 20.5. The third kappa shape index (κ3) is 2.85. The summed E-state index contributed by atoms with van der Waals surface area (Å²) in [6.07, 6.45) is 4.59. The summed E-state index contributed by atoms with van der Waals surface area (Å²) in [5.74, 6) is -3.90. The van der Waals surface area contributed by atoms with E-state index < -0.39 is 35.3 Å². The van der Waals surface area contributed by atoms with Crippen LogP contribution in [0.2, 0.25) is 0 Å². The molecule has 2 aliphatic heterocycles. The van der Waals surface area contributed by atoms with Crippen molar-refractivity contribution in [3.05, 3.63) is 35.4 Å². The van der Waals surface area contributed by atoms with Gasteiger partial charge in [0.1, 0.15) is 5.54 Å². The number of aliphatic carboxylic acids is 1. The fourth-order valence-corrected chi connectivity index (χ4v) is 5.72. The quantitative estimate of drug-likeness (QED) is 0.740. The second-order valence-corrected chi connectivity index (χ2v) is 9.03. The number of carbonyl (C=O) groups excluding carboxylic acids is 2. The molecule has 7 heteroatoms. The van der Waals surface area contributed by atoms with Gasteiger partial charge in [-0.25, -0.2) is 0 Å². The molecular formula is C23H27N3O4. The summed E-state index contributed by atoms with van der Waals surface area (Å²) in [4.78, 5) is 41.1. The standard InChI is InChI=1S/C23H27N3O4/c1-13(2)23(22(29)30)18-17(19(25-23)15-8-6-7-14(11-15)12-24)20(27)26(21(18)28)16-9-4-3-5-10-16/h6-8,11,13,16-19,25H,3-5,9-10H2,1-2H3,(H,29,30). The second-order valence-electron chi connectivity index (χ2n) is 9.03. The molecular weight excluding hydrogens is 382 g/mol. The topological polar surface area (TPSA) is 110 Å². The maximum atomic E-state index is 13.6. The van der Waals surface area contributed by atoms with Crippen LogP contribution in [0.15, 0.2) is 24.3 Å². The molecule has 30 heavy (non-hydrogen) atoms. The van der Waals surface area contributed by atoms with Gasteiger partial charge in [-0.2, -0.15) is 5.26 Å². The predicted molar refractivity (Wildman–Crippen MR) is 108 cm³/mol. The van der Waals surface area contributed by atoms with Gasteiger partial charge in [-0.3, -0.25) is 24.6 Å². The van der Waals surface area contributed by atoms with Gasteiger partial charge >= 0.3 is 5.97 Å². The number of hydrogen-bond donors (Lipinski definition) is 2. The summed E-state index contributed by atoms with van der Waals surface area (Å²) < 4.78 is 0. The highest BCUT2D eigenvalue weighted by Crippen LogP contribution is 2.52.